The van der Waals surface area contributed by atoms with E-state index >= 15 is 0 Å². The molecule has 1 N–H and O–H groups in total. The molecule has 84 valence electrons. The van der Waals surface area contributed by atoms with E-state index in [4.69, 9.17) is 5.11 Å². The van der Waals surface area contributed by atoms with Gasteiger partial charge >= 0.3 is 5.97 Å². The number of nitrogens with zero attached hydrogens (tertiary/aromatic N) is 1. The number of thiophene rings is 1. The maximum Gasteiger partial charge on any atom is 0.345 e. The predicted molar refractivity (Wildman–Crippen MR) is 65.2 cm³/mol. The summed E-state index contributed by atoms with van der Waals surface area (Å²) in [6, 6.07) is 1.70. The van der Waals surface area contributed by atoms with E-state index in [0.29, 0.717) is 4.88 Å². The Morgan fingerprint density at radius 1 is 1.50 bits per heavy atom. The number of carboxylic acids is 1. The van der Waals surface area contributed by atoms with Gasteiger partial charge in [0.05, 0.1) is 0 Å². The second-order valence-corrected chi connectivity index (χ2v) is 4.79. The average molecular weight is 235 g/mol. The molecular weight excluding hydrogens is 222 g/mol. The zero-order valence-corrected chi connectivity index (χ0v) is 9.88. The molecule has 2 heterocycles. The highest BCUT2D eigenvalue weighted by Crippen LogP contribution is 2.28. The molecule has 0 fully saturated rings. The van der Waals surface area contributed by atoms with Crippen LogP contribution >= 0.6 is 11.3 Å². The van der Waals surface area contributed by atoms with Crippen molar-refractivity contribution in [2.45, 2.75) is 26.2 Å². The molecule has 0 unspecified atom stereocenters. The van der Waals surface area contributed by atoms with Gasteiger partial charge in [-0.2, -0.15) is 0 Å². The van der Waals surface area contributed by atoms with E-state index in [1.54, 1.807) is 12.3 Å². The number of aryl methyl sites for hydroxylation is 1. The molecule has 2 aromatic heterocycles. The van der Waals surface area contributed by atoms with Crippen LogP contribution in [-0.4, -0.2) is 16.1 Å². The van der Waals surface area contributed by atoms with Crippen LogP contribution in [0.2, 0.25) is 0 Å². The minimum Gasteiger partial charge on any atom is -0.477 e. The van der Waals surface area contributed by atoms with E-state index in [1.807, 2.05) is 6.20 Å². The van der Waals surface area contributed by atoms with Crippen LogP contribution in [-0.2, 0) is 6.42 Å². The highest BCUT2D eigenvalue weighted by Gasteiger charge is 2.11. The Hall–Kier alpha value is -1.42. The number of fused-ring (bicyclic) bond motifs is 1. The van der Waals surface area contributed by atoms with Gasteiger partial charge in [-0.1, -0.05) is 13.3 Å². The Balaban J connectivity index is 2.45. The number of carbonyl (C=O) groups is 1. The molecule has 3 nitrogen and oxygen atoms in total. The third-order valence-corrected chi connectivity index (χ3v) is 3.72. The van der Waals surface area contributed by atoms with Crippen LogP contribution in [0.25, 0.3) is 10.1 Å². The summed E-state index contributed by atoms with van der Waals surface area (Å²) in [5.41, 5.74) is 1.16. The van der Waals surface area contributed by atoms with Gasteiger partial charge < -0.3 is 5.11 Å². The van der Waals surface area contributed by atoms with Crippen LogP contribution in [0.5, 0.6) is 0 Å². The Labute approximate surface area is 97.8 Å². The molecule has 4 heteroatoms. The molecule has 0 radical (unpaired) electrons. The van der Waals surface area contributed by atoms with Crippen LogP contribution in [0, 0.1) is 0 Å². The van der Waals surface area contributed by atoms with E-state index in [0.717, 1.165) is 34.9 Å². The van der Waals surface area contributed by atoms with Crippen LogP contribution < -0.4 is 0 Å². The molecule has 2 aromatic rings. The first-order valence-corrected chi connectivity index (χ1v) is 6.13. The first kappa shape index (κ1) is 11.1. The molecule has 0 spiro atoms. The van der Waals surface area contributed by atoms with Crippen molar-refractivity contribution >= 4 is 27.4 Å². The summed E-state index contributed by atoms with van der Waals surface area (Å²) in [6.45, 7) is 2.14. The highest BCUT2D eigenvalue weighted by molar-refractivity contribution is 7.20. The smallest absolute Gasteiger partial charge is 0.345 e. The van der Waals surface area contributed by atoms with Crippen LogP contribution in [0.15, 0.2) is 18.5 Å². The summed E-state index contributed by atoms with van der Waals surface area (Å²) in [7, 11) is 0. The summed E-state index contributed by atoms with van der Waals surface area (Å²) in [4.78, 5) is 15.4. The van der Waals surface area contributed by atoms with Crippen molar-refractivity contribution < 1.29 is 9.90 Å². The van der Waals surface area contributed by atoms with Crippen molar-refractivity contribution in [2.75, 3.05) is 0 Å². The standard InChI is InChI=1S/C12H13NO2S/c1-2-3-4-8-6-13-7-9-5-10(12(14)15)16-11(8)9/h5-7H,2-4H2,1H3,(H,14,15). The Morgan fingerprint density at radius 2 is 2.31 bits per heavy atom. The number of hydrogen-bond donors (Lipinski definition) is 1. The van der Waals surface area contributed by atoms with E-state index < -0.39 is 5.97 Å². The SMILES string of the molecule is CCCCc1cncc2cc(C(=O)O)sc12. The summed E-state index contributed by atoms with van der Waals surface area (Å²) >= 11 is 1.34. The van der Waals surface area contributed by atoms with Gasteiger partial charge in [0.2, 0.25) is 0 Å². The van der Waals surface area contributed by atoms with E-state index in [-0.39, 0.29) is 0 Å². The first-order valence-electron chi connectivity index (χ1n) is 5.32. The topological polar surface area (TPSA) is 50.2 Å². The number of hydrogen-bond acceptors (Lipinski definition) is 3. The monoisotopic (exact) mass is 235 g/mol. The quantitative estimate of drug-likeness (QED) is 0.884. The van der Waals surface area contributed by atoms with Crippen LogP contribution in [0.1, 0.15) is 35.0 Å². The second kappa shape index (κ2) is 4.61. The molecule has 0 aliphatic heterocycles. The minimum atomic E-state index is -0.859. The number of aromatic carboxylic acids is 1. The summed E-state index contributed by atoms with van der Waals surface area (Å²) in [6.07, 6.45) is 6.79. The summed E-state index contributed by atoms with van der Waals surface area (Å²) < 4.78 is 1.07. The summed E-state index contributed by atoms with van der Waals surface area (Å²) in [5, 5.41) is 9.88. The maximum atomic E-state index is 10.9. The average Bonchev–Trinajstić information content (AvgIpc) is 2.70. The number of rotatable bonds is 4. The van der Waals surface area contributed by atoms with Gasteiger partial charge in [-0.3, -0.25) is 4.98 Å². The van der Waals surface area contributed by atoms with E-state index in [1.165, 1.54) is 11.3 Å². The molecule has 16 heavy (non-hydrogen) atoms. The molecular formula is C12H13NO2S. The third-order valence-electron chi connectivity index (χ3n) is 2.51. The minimum absolute atomic E-state index is 0.390. The fraction of sp³-hybridized carbons (Fsp3) is 0.333. The second-order valence-electron chi connectivity index (χ2n) is 3.74. The molecule has 2 rings (SSSR count). The normalized spacial score (nSPS) is 10.8. The largest absolute Gasteiger partial charge is 0.477 e. The van der Waals surface area contributed by atoms with Crippen LogP contribution in [0.4, 0.5) is 0 Å². The third kappa shape index (κ3) is 2.07. The fourth-order valence-electron chi connectivity index (χ4n) is 1.67. The van der Waals surface area contributed by atoms with Crippen molar-refractivity contribution in [3.05, 3.63) is 28.9 Å². The predicted octanol–water partition coefficient (Wildman–Crippen LogP) is 3.34. The van der Waals surface area contributed by atoms with Gasteiger partial charge in [0.15, 0.2) is 0 Å². The number of carboxylic acid groups (broad SMARTS) is 1. The van der Waals surface area contributed by atoms with Gasteiger partial charge in [0.1, 0.15) is 4.88 Å². The van der Waals surface area contributed by atoms with E-state index in [9.17, 15) is 4.79 Å². The molecule has 0 aliphatic rings. The maximum absolute atomic E-state index is 10.9. The molecule has 0 saturated heterocycles. The van der Waals surface area contributed by atoms with Gasteiger partial charge in [-0.15, -0.1) is 11.3 Å². The van der Waals surface area contributed by atoms with Crippen molar-refractivity contribution in [1.29, 1.82) is 0 Å². The summed E-state index contributed by atoms with van der Waals surface area (Å²) in [5.74, 6) is -0.859. The number of pyridine rings is 1. The van der Waals surface area contributed by atoms with Crippen molar-refractivity contribution in [3.8, 4) is 0 Å². The van der Waals surface area contributed by atoms with Gasteiger partial charge in [0, 0.05) is 22.5 Å². The molecule has 0 amide bonds. The zero-order valence-electron chi connectivity index (χ0n) is 9.06. The van der Waals surface area contributed by atoms with Gasteiger partial charge in [0.25, 0.3) is 0 Å². The molecule has 0 saturated carbocycles. The number of unbranched alkanes of at least 4 members (excludes halogenated alkanes) is 1. The molecule has 0 aromatic carbocycles. The molecule has 0 bridgehead atoms. The highest BCUT2D eigenvalue weighted by atomic mass is 32.1. The molecule has 0 aliphatic carbocycles. The Kier molecular flexibility index (Phi) is 3.19. The number of aromatic nitrogens is 1. The zero-order chi connectivity index (χ0) is 11.5. The van der Waals surface area contributed by atoms with E-state index in [2.05, 4.69) is 11.9 Å². The van der Waals surface area contributed by atoms with Crippen LogP contribution in [0.3, 0.4) is 0 Å². The first-order chi connectivity index (χ1) is 7.72. The lowest BCUT2D eigenvalue weighted by atomic mass is 10.1. The van der Waals surface area contributed by atoms with Gasteiger partial charge in [-0.25, -0.2) is 4.79 Å². The molecule has 0 atom stereocenters. The Bertz CT molecular complexity index is 519. The lowest BCUT2D eigenvalue weighted by molar-refractivity contribution is 0.0702. The Morgan fingerprint density at radius 3 is 3.00 bits per heavy atom. The van der Waals surface area contributed by atoms with Gasteiger partial charge in [-0.05, 0) is 24.5 Å². The lowest BCUT2D eigenvalue weighted by Crippen LogP contribution is -1.89. The van der Waals surface area contributed by atoms with Crippen molar-refractivity contribution in [3.63, 3.8) is 0 Å². The fourth-order valence-corrected chi connectivity index (χ4v) is 2.68. The lowest BCUT2D eigenvalue weighted by Gasteiger charge is -2.00. The van der Waals surface area contributed by atoms with Crippen molar-refractivity contribution in [1.82, 2.24) is 4.98 Å². The van der Waals surface area contributed by atoms with Crippen molar-refractivity contribution in [2.24, 2.45) is 0 Å².